The Hall–Kier alpha value is -1.33. The van der Waals surface area contributed by atoms with Crippen molar-refractivity contribution in [3.05, 3.63) is 36.3 Å². The van der Waals surface area contributed by atoms with Gasteiger partial charge in [-0.1, -0.05) is 6.92 Å². The van der Waals surface area contributed by atoms with Crippen molar-refractivity contribution in [1.29, 1.82) is 0 Å². The van der Waals surface area contributed by atoms with E-state index in [2.05, 4.69) is 33.7 Å². The predicted molar refractivity (Wildman–Crippen MR) is 81.1 cm³/mol. The van der Waals surface area contributed by atoms with Crippen molar-refractivity contribution in [2.75, 3.05) is 12.0 Å². The fourth-order valence-corrected chi connectivity index (χ4v) is 2.74. The molecule has 0 fully saturated rings. The summed E-state index contributed by atoms with van der Waals surface area (Å²) in [5.74, 6) is 1.14. The molecule has 0 saturated heterocycles. The maximum absolute atomic E-state index is 4.15. The van der Waals surface area contributed by atoms with Gasteiger partial charge in [0.25, 0.3) is 0 Å². The lowest BCUT2D eigenvalue weighted by molar-refractivity contribution is 0.542. The van der Waals surface area contributed by atoms with E-state index in [1.54, 1.807) is 6.20 Å². The van der Waals surface area contributed by atoms with Crippen LogP contribution < -0.4 is 5.32 Å². The summed E-state index contributed by atoms with van der Waals surface area (Å²) in [7, 11) is 0. The molecule has 0 amide bonds. The van der Waals surface area contributed by atoms with Crippen LogP contribution in [0.1, 0.15) is 18.9 Å². The van der Waals surface area contributed by atoms with Gasteiger partial charge in [-0.3, -0.25) is 10.1 Å². The van der Waals surface area contributed by atoms with Gasteiger partial charge in [0.1, 0.15) is 0 Å². The van der Waals surface area contributed by atoms with Crippen LogP contribution in [-0.2, 0) is 6.54 Å². The number of aromatic amines is 1. The number of rotatable bonds is 7. The van der Waals surface area contributed by atoms with Crippen LogP contribution >= 0.6 is 11.8 Å². The quantitative estimate of drug-likeness (QED) is 0.816. The minimum Gasteiger partial charge on any atom is -0.309 e. The third-order valence-electron chi connectivity index (χ3n) is 3.11. The first-order valence-corrected chi connectivity index (χ1v) is 7.89. The molecule has 4 nitrogen and oxygen atoms in total. The summed E-state index contributed by atoms with van der Waals surface area (Å²) in [4.78, 5) is 4.15. The van der Waals surface area contributed by atoms with E-state index in [0.29, 0.717) is 6.04 Å². The first-order valence-electron chi connectivity index (χ1n) is 6.50. The van der Waals surface area contributed by atoms with Crippen molar-refractivity contribution in [3.8, 4) is 11.3 Å². The van der Waals surface area contributed by atoms with E-state index in [9.17, 15) is 0 Å². The number of H-pyrrole nitrogens is 1. The average molecular weight is 276 g/mol. The van der Waals surface area contributed by atoms with Crippen LogP contribution in [0.2, 0.25) is 0 Å². The van der Waals surface area contributed by atoms with Gasteiger partial charge in [0.2, 0.25) is 0 Å². The summed E-state index contributed by atoms with van der Waals surface area (Å²) < 4.78 is 0. The van der Waals surface area contributed by atoms with Gasteiger partial charge >= 0.3 is 0 Å². The second-order valence-corrected chi connectivity index (χ2v) is 5.36. The molecular weight excluding hydrogens is 256 g/mol. The van der Waals surface area contributed by atoms with Crippen LogP contribution in [-0.4, -0.2) is 33.2 Å². The molecule has 2 heterocycles. The summed E-state index contributed by atoms with van der Waals surface area (Å²) in [6, 6.07) is 4.53. The molecule has 0 aliphatic rings. The Kier molecular flexibility index (Phi) is 5.42. The Balaban J connectivity index is 2.04. The second kappa shape index (κ2) is 7.31. The molecule has 0 aliphatic heterocycles. The molecule has 102 valence electrons. The molecule has 0 radical (unpaired) electrons. The molecule has 0 aromatic carbocycles. The standard InChI is InChI=1S/C14H20N4S/c1-3-13(10-19-2)16-8-12-9-17-18-14(12)11-5-4-6-15-7-11/h4-7,9,13,16H,3,8,10H2,1-2H3,(H,17,18). The van der Waals surface area contributed by atoms with E-state index in [4.69, 9.17) is 0 Å². The van der Waals surface area contributed by atoms with E-state index in [1.807, 2.05) is 36.3 Å². The zero-order valence-electron chi connectivity index (χ0n) is 11.4. The molecule has 2 aromatic rings. The van der Waals surface area contributed by atoms with Gasteiger partial charge in [-0.05, 0) is 24.8 Å². The SMILES string of the molecule is CCC(CSC)NCc1cn[nH]c1-c1cccnc1. The highest BCUT2D eigenvalue weighted by atomic mass is 32.2. The number of pyridine rings is 1. The average Bonchev–Trinajstić information content (AvgIpc) is 2.93. The normalized spacial score (nSPS) is 12.5. The molecule has 2 aromatic heterocycles. The molecule has 1 unspecified atom stereocenters. The highest BCUT2D eigenvalue weighted by molar-refractivity contribution is 7.98. The maximum atomic E-state index is 4.15. The van der Waals surface area contributed by atoms with Gasteiger partial charge < -0.3 is 5.32 Å². The van der Waals surface area contributed by atoms with Gasteiger partial charge in [0, 0.05) is 41.9 Å². The van der Waals surface area contributed by atoms with Gasteiger partial charge in [-0.2, -0.15) is 16.9 Å². The van der Waals surface area contributed by atoms with E-state index < -0.39 is 0 Å². The van der Waals surface area contributed by atoms with E-state index >= 15 is 0 Å². The monoisotopic (exact) mass is 276 g/mol. The number of hydrogen-bond donors (Lipinski definition) is 2. The summed E-state index contributed by atoms with van der Waals surface area (Å²) in [5.41, 5.74) is 3.32. The maximum Gasteiger partial charge on any atom is 0.0710 e. The van der Waals surface area contributed by atoms with Crippen molar-refractivity contribution in [1.82, 2.24) is 20.5 Å². The van der Waals surface area contributed by atoms with Crippen LogP contribution in [0.25, 0.3) is 11.3 Å². The van der Waals surface area contributed by atoms with Crippen molar-refractivity contribution < 1.29 is 0 Å². The lowest BCUT2D eigenvalue weighted by atomic mass is 10.1. The predicted octanol–water partition coefficient (Wildman–Crippen LogP) is 2.70. The largest absolute Gasteiger partial charge is 0.309 e. The first-order chi connectivity index (χ1) is 9.35. The minimum absolute atomic E-state index is 0.548. The van der Waals surface area contributed by atoms with Gasteiger partial charge in [-0.25, -0.2) is 0 Å². The van der Waals surface area contributed by atoms with Gasteiger partial charge in [-0.15, -0.1) is 0 Å². The first kappa shape index (κ1) is 14.1. The highest BCUT2D eigenvalue weighted by Crippen LogP contribution is 2.19. The number of nitrogens with one attached hydrogen (secondary N) is 2. The Morgan fingerprint density at radius 1 is 1.42 bits per heavy atom. The highest BCUT2D eigenvalue weighted by Gasteiger charge is 2.10. The minimum atomic E-state index is 0.548. The fraction of sp³-hybridized carbons (Fsp3) is 0.429. The van der Waals surface area contributed by atoms with Crippen LogP contribution in [0.5, 0.6) is 0 Å². The molecule has 0 aliphatic carbocycles. The van der Waals surface area contributed by atoms with E-state index in [1.165, 1.54) is 5.56 Å². The molecule has 0 saturated carbocycles. The Morgan fingerprint density at radius 3 is 3.00 bits per heavy atom. The van der Waals surface area contributed by atoms with Crippen molar-refractivity contribution in [2.45, 2.75) is 25.9 Å². The number of aromatic nitrogens is 3. The van der Waals surface area contributed by atoms with E-state index in [-0.39, 0.29) is 0 Å². The summed E-state index contributed by atoms with van der Waals surface area (Å²) in [5, 5.41) is 10.8. The lowest BCUT2D eigenvalue weighted by Crippen LogP contribution is -2.30. The lowest BCUT2D eigenvalue weighted by Gasteiger charge is -2.15. The molecule has 2 rings (SSSR count). The summed E-state index contributed by atoms with van der Waals surface area (Å²) >= 11 is 1.88. The fourth-order valence-electron chi connectivity index (χ4n) is 1.98. The summed E-state index contributed by atoms with van der Waals surface area (Å²) in [6.45, 7) is 3.05. The third-order valence-corrected chi connectivity index (χ3v) is 3.85. The van der Waals surface area contributed by atoms with Crippen LogP contribution in [0.4, 0.5) is 0 Å². The number of thioether (sulfide) groups is 1. The van der Waals surface area contributed by atoms with Gasteiger partial charge in [0.15, 0.2) is 0 Å². The van der Waals surface area contributed by atoms with Crippen molar-refractivity contribution in [2.24, 2.45) is 0 Å². The van der Waals surface area contributed by atoms with Crippen LogP contribution in [0, 0.1) is 0 Å². The molecule has 2 N–H and O–H groups in total. The van der Waals surface area contributed by atoms with Crippen molar-refractivity contribution >= 4 is 11.8 Å². The van der Waals surface area contributed by atoms with Crippen LogP contribution in [0.15, 0.2) is 30.7 Å². The van der Waals surface area contributed by atoms with Gasteiger partial charge in [0.05, 0.1) is 11.9 Å². The smallest absolute Gasteiger partial charge is 0.0710 e. The molecule has 5 heteroatoms. The van der Waals surface area contributed by atoms with Crippen molar-refractivity contribution in [3.63, 3.8) is 0 Å². The molecule has 1 atom stereocenters. The zero-order chi connectivity index (χ0) is 13.5. The molecule has 0 bridgehead atoms. The Labute approximate surface area is 118 Å². The Bertz CT molecular complexity index is 483. The molecular formula is C14H20N4S. The summed E-state index contributed by atoms with van der Waals surface area (Å²) in [6.07, 6.45) is 8.81. The zero-order valence-corrected chi connectivity index (χ0v) is 12.2. The number of hydrogen-bond acceptors (Lipinski definition) is 4. The third kappa shape index (κ3) is 3.81. The topological polar surface area (TPSA) is 53.6 Å². The van der Waals surface area contributed by atoms with Crippen LogP contribution in [0.3, 0.4) is 0 Å². The number of nitrogens with zero attached hydrogens (tertiary/aromatic N) is 2. The second-order valence-electron chi connectivity index (χ2n) is 4.45. The van der Waals surface area contributed by atoms with E-state index in [0.717, 1.165) is 30.0 Å². The molecule has 0 spiro atoms. The molecule has 19 heavy (non-hydrogen) atoms. The Morgan fingerprint density at radius 2 is 2.32 bits per heavy atom.